The zero-order valence-electron chi connectivity index (χ0n) is 28.1. The summed E-state index contributed by atoms with van der Waals surface area (Å²) in [6.45, 7) is 18.7. The van der Waals surface area contributed by atoms with Crippen molar-refractivity contribution in [2.45, 2.75) is 73.4 Å². The Hall–Kier alpha value is -2.03. The van der Waals surface area contributed by atoms with Crippen molar-refractivity contribution in [3.63, 3.8) is 0 Å². The zero-order chi connectivity index (χ0) is 32.1. The topological polar surface area (TPSA) is 80.1 Å². The molecule has 10 heteroatoms. The number of nitrogens with zero attached hydrogens (tertiary/aromatic N) is 2. The predicted octanol–water partition coefficient (Wildman–Crippen LogP) is 7.72. The van der Waals surface area contributed by atoms with Gasteiger partial charge in [0.15, 0.2) is 0 Å². The SMILES string of the molecule is CCC[Si](OCC)(OCC)OCC.CCO[Si](CCCN=Cc1ccccc1)(OCC)OCC.CN=Cc1ccccc1. The van der Waals surface area contributed by atoms with Crippen LogP contribution in [0.25, 0.3) is 0 Å². The Morgan fingerprint density at radius 1 is 0.535 bits per heavy atom. The standard InChI is InChI=1S/C16H27NO3Si.C9H22O3Si.C8H9N/c1-4-18-21(19-5-2,20-6-3)14-10-13-17-15-16-11-8-7-9-12-16;1-5-9-13(10-6-2,11-7-3)12-8-4;1-9-7-8-5-3-2-4-6-8/h7-9,11-12,15H,4-6,10,13-14H2,1-3H3;5-9H2,1-4H3;2-7H,1H3. The molecule has 0 aliphatic rings. The van der Waals surface area contributed by atoms with E-state index in [9.17, 15) is 0 Å². The van der Waals surface area contributed by atoms with Crippen molar-refractivity contribution in [3.8, 4) is 0 Å². The Balaban J connectivity index is 0.000000680. The van der Waals surface area contributed by atoms with Gasteiger partial charge in [0.1, 0.15) is 0 Å². The van der Waals surface area contributed by atoms with Crippen molar-refractivity contribution < 1.29 is 26.6 Å². The van der Waals surface area contributed by atoms with Gasteiger partial charge in [-0.15, -0.1) is 0 Å². The molecule has 0 bridgehead atoms. The van der Waals surface area contributed by atoms with E-state index in [0.717, 1.165) is 42.6 Å². The molecule has 0 unspecified atom stereocenters. The molecule has 0 saturated heterocycles. The highest BCUT2D eigenvalue weighted by molar-refractivity contribution is 6.61. The first-order valence-corrected chi connectivity index (χ1v) is 19.7. The van der Waals surface area contributed by atoms with Crippen LogP contribution in [0.2, 0.25) is 12.1 Å². The first-order chi connectivity index (χ1) is 20.9. The molecular weight excluding hydrogens is 577 g/mol. The van der Waals surface area contributed by atoms with Crippen LogP contribution in [0.15, 0.2) is 70.6 Å². The number of hydrogen-bond donors (Lipinski definition) is 0. The maximum Gasteiger partial charge on any atom is 0.500 e. The van der Waals surface area contributed by atoms with E-state index in [1.54, 1.807) is 7.05 Å². The highest BCUT2D eigenvalue weighted by Crippen LogP contribution is 2.19. The lowest BCUT2D eigenvalue weighted by atomic mass is 10.2. The molecule has 0 fully saturated rings. The van der Waals surface area contributed by atoms with Gasteiger partial charge < -0.3 is 26.6 Å². The molecule has 0 aromatic heterocycles. The predicted molar refractivity (Wildman–Crippen MR) is 185 cm³/mol. The lowest BCUT2D eigenvalue weighted by molar-refractivity contribution is 0.0702. The molecule has 0 heterocycles. The molecule has 2 aromatic carbocycles. The van der Waals surface area contributed by atoms with E-state index >= 15 is 0 Å². The smallest absolute Gasteiger partial charge is 0.374 e. The van der Waals surface area contributed by atoms with E-state index in [2.05, 4.69) is 16.9 Å². The van der Waals surface area contributed by atoms with Crippen LogP contribution in [-0.4, -0.2) is 83.3 Å². The maximum absolute atomic E-state index is 5.82. The van der Waals surface area contributed by atoms with E-state index < -0.39 is 17.6 Å². The lowest BCUT2D eigenvalue weighted by Crippen LogP contribution is -2.46. The molecule has 0 spiro atoms. The second-order valence-electron chi connectivity index (χ2n) is 9.06. The van der Waals surface area contributed by atoms with E-state index in [0.29, 0.717) is 39.6 Å². The molecule has 0 amide bonds. The summed E-state index contributed by atoms with van der Waals surface area (Å²) in [4.78, 5) is 8.34. The van der Waals surface area contributed by atoms with Gasteiger partial charge in [-0.3, -0.25) is 9.98 Å². The van der Waals surface area contributed by atoms with Crippen LogP contribution >= 0.6 is 0 Å². The van der Waals surface area contributed by atoms with E-state index in [1.165, 1.54) is 0 Å². The summed E-state index contributed by atoms with van der Waals surface area (Å²) in [6, 6.07) is 21.9. The molecule has 0 aliphatic carbocycles. The molecule has 0 atom stereocenters. The van der Waals surface area contributed by atoms with Gasteiger partial charge in [-0.05, 0) is 59.1 Å². The molecular formula is C33H58N2O6Si2. The molecule has 2 rings (SSSR count). The highest BCUT2D eigenvalue weighted by atomic mass is 28.4. The van der Waals surface area contributed by atoms with Crippen LogP contribution in [0.1, 0.15) is 72.4 Å². The first-order valence-electron chi connectivity index (χ1n) is 15.8. The summed E-state index contributed by atoms with van der Waals surface area (Å²) in [5.74, 6) is 0. The Morgan fingerprint density at radius 3 is 1.26 bits per heavy atom. The quantitative estimate of drug-likeness (QED) is 0.0843. The Labute approximate surface area is 264 Å². The fourth-order valence-electron chi connectivity index (χ4n) is 4.09. The van der Waals surface area contributed by atoms with Gasteiger partial charge in [-0.1, -0.05) is 74.0 Å². The van der Waals surface area contributed by atoms with Crippen molar-refractivity contribution in [1.29, 1.82) is 0 Å². The Kier molecular flexibility index (Phi) is 26.2. The minimum absolute atomic E-state index is 0.625. The van der Waals surface area contributed by atoms with E-state index in [4.69, 9.17) is 26.6 Å². The number of rotatable bonds is 20. The van der Waals surface area contributed by atoms with Crippen LogP contribution in [0.3, 0.4) is 0 Å². The normalized spacial score (nSPS) is 11.7. The third-order valence-electron chi connectivity index (χ3n) is 5.63. The van der Waals surface area contributed by atoms with Gasteiger partial charge in [-0.2, -0.15) is 0 Å². The Morgan fingerprint density at radius 2 is 0.907 bits per heavy atom. The van der Waals surface area contributed by atoms with E-state index in [-0.39, 0.29) is 0 Å². The average Bonchev–Trinajstić information content (AvgIpc) is 3.00. The third-order valence-corrected chi connectivity index (χ3v) is 12.1. The number of benzene rings is 2. The zero-order valence-corrected chi connectivity index (χ0v) is 30.1. The van der Waals surface area contributed by atoms with E-state index in [1.807, 2.05) is 115 Å². The molecule has 0 radical (unpaired) electrons. The maximum atomic E-state index is 5.82. The van der Waals surface area contributed by atoms with Crippen LogP contribution in [0.5, 0.6) is 0 Å². The third kappa shape index (κ3) is 19.8. The van der Waals surface area contributed by atoms with Gasteiger partial charge in [0, 0.05) is 77.8 Å². The molecule has 2 aromatic rings. The second-order valence-corrected chi connectivity index (χ2v) is 14.5. The summed E-state index contributed by atoms with van der Waals surface area (Å²) in [5.41, 5.74) is 2.28. The summed E-state index contributed by atoms with van der Waals surface area (Å²) >= 11 is 0. The summed E-state index contributed by atoms with van der Waals surface area (Å²) in [6.07, 6.45) is 5.70. The van der Waals surface area contributed by atoms with Gasteiger partial charge >= 0.3 is 17.6 Å². The number of aliphatic imine (C=N–C) groups is 2. The van der Waals surface area contributed by atoms with Crippen LogP contribution < -0.4 is 0 Å². The van der Waals surface area contributed by atoms with Crippen LogP contribution in [-0.2, 0) is 26.6 Å². The molecule has 244 valence electrons. The van der Waals surface area contributed by atoms with Crippen molar-refractivity contribution in [1.82, 2.24) is 0 Å². The Bertz CT molecular complexity index is 889. The summed E-state index contributed by atoms with van der Waals surface area (Å²) in [5, 5.41) is 0. The molecule has 0 aliphatic heterocycles. The van der Waals surface area contributed by atoms with Gasteiger partial charge in [-0.25, -0.2) is 0 Å². The number of hydrogen-bond acceptors (Lipinski definition) is 8. The highest BCUT2D eigenvalue weighted by Gasteiger charge is 2.40. The van der Waals surface area contributed by atoms with Crippen LogP contribution in [0, 0.1) is 0 Å². The molecule has 0 saturated carbocycles. The lowest BCUT2D eigenvalue weighted by Gasteiger charge is -2.28. The minimum Gasteiger partial charge on any atom is -0.374 e. The molecule has 8 nitrogen and oxygen atoms in total. The van der Waals surface area contributed by atoms with Crippen molar-refractivity contribution in [3.05, 3.63) is 71.8 Å². The fourth-order valence-corrected chi connectivity index (χ4v) is 9.30. The van der Waals surface area contributed by atoms with Crippen molar-refractivity contribution in [2.75, 3.05) is 53.2 Å². The average molecular weight is 635 g/mol. The molecule has 43 heavy (non-hydrogen) atoms. The van der Waals surface area contributed by atoms with Gasteiger partial charge in [0.05, 0.1) is 0 Å². The largest absolute Gasteiger partial charge is 0.500 e. The van der Waals surface area contributed by atoms with Gasteiger partial charge in [0.25, 0.3) is 0 Å². The first kappa shape index (κ1) is 41.0. The molecule has 0 N–H and O–H groups in total. The minimum atomic E-state index is -2.50. The van der Waals surface area contributed by atoms with Crippen LogP contribution in [0.4, 0.5) is 0 Å². The van der Waals surface area contributed by atoms with Crippen molar-refractivity contribution in [2.24, 2.45) is 9.98 Å². The van der Waals surface area contributed by atoms with Gasteiger partial charge in [0.2, 0.25) is 0 Å². The summed E-state index contributed by atoms with van der Waals surface area (Å²) < 4.78 is 34.4. The summed E-state index contributed by atoms with van der Waals surface area (Å²) in [7, 11) is -3.02. The van der Waals surface area contributed by atoms with Crippen molar-refractivity contribution >= 4 is 30.0 Å². The fraction of sp³-hybridized carbons (Fsp3) is 0.576. The second kappa shape index (κ2) is 27.5. The monoisotopic (exact) mass is 634 g/mol.